The molecule has 4 aromatic rings. The summed E-state index contributed by atoms with van der Waals surface area (Å²) in [4.78, 5) is 4.30. The summed E-state index contributed by atoms with van der Waals surface area (Å²) in [6.45, 7) is 0.152. The zero-order valence-corrected chi connectivity index (χ0v) is 16.3. The lowest BCUT2D eigenvalue weighted by molar-refractivity contribution is -0.137. The number of pyridine rings is 1. The van der Waals surface area contributed by atoms with Crippen LogP contribution in [0, 0.1) is 0 Å². The van der Waals surface area contributed by atoms with E-state index in [1.54, 1.807) is 18.2 Å². The summed E-state index contributed by atoms with van der Waals surface area (Å²) in [7, 11) is 0. The number of nitrogens with zero attached hydrogens (tertiary/aromatic N) is 5. The number of aromatic nitrogens is 5. The molecule has 154 valence electrons. The molecule has 0 saturated heterocycles. The minimum atomic E-state index is -4.55. The zero-order valence-electron chi connectivity index (χ0n) is 14.7. The molecule has 4 heterocycles. The molecule has 5 rings (SSSR count). The number of rotatable bonds is 4. The van der Waals surface area contributed by atoms with E-state index in [0.29, 0.717) is 22.9 Å². The Bertz CT molecular complexity index is 1260. The molecule has 0 saturated carbocycles. The van der Waals surface area contributed by atoms with Gasteiger partial charge in [0.05, 0.1) is 16.3 Å². The van der Waals surface area contributed by atoms with Crippen LogP contribution < -0.4 is 9.47 Å². The van der Waals surface area contributed by atoms with Gasteiger partial charge in [0.1, 0.15) is 0 Å². The molecule has 0 aliphatic carbocycles. The Labute approximate surface area is 174 Å². The van der Waals surface area contributed by atoms with E-state index in [1.165, 1.54) is 4.40 Å². The first kappa shape index (κ1) is 19.0. The first-order valence-electron chi connectivity index (χ1n) is 8.35. The maximum Gasteiger partial charge on any atom is 0.417 e. The molecule has 1 aliphatic rings. The predicted molar refractivity (Wildman–Crippen MR) is 98.4 cm³/mol. The van der Waals surface area contributed by atoms with Gasteiger partial charge in [-0.05, 0) is 24.3 Å². The summed E-state index contributed by atoms with van der Waals surface area (Å²) >= 11 is 7.01. The van der Waals surface area contributed by atoms with E-state index in [0.717, 1.165) is 24.0 Å². The first-order chi connectivity index (χ1) is 14.4. The molecule has 1 aliphatic heterocycles. The summed E-state index contributed by atoms with van der Waals surface area (Å²) < 4.78 is 56.2. The highest BCUT2D eigenvalue weighted by atomic mass is 35.5. The standard InChI is InChI=1S/C17H9ClF3N5O3S/c18-10-4-9(17(19,20)21)5-26-15(10)23-24-16(26)30-6-13-22-14(25-29-13)8-1-2-11-12(3-8)28-7-27-11/h1-5H,6-7H2. The van der Waals surface area contributed by atoms with Gasteiger partial charge in [0.2, 0.25) is 18.5 Å². The lowest BCUT2D eigenvalue weighted by Gasteiger charge is -2.08. The second-order valence-electron chi connectivity index (χ2n) is 6.12. The van der Waals surface area contributed by atoms with Crippen LogP contribution in [0.5, 0.6) is 11.5 Å². The number of thioether (sulfide) groups is 1. The largest absolute Gasteiger partial charge is 0.454 e. The van der Waals surface area contributed by atoms with Crippen LogP contribution in [0.4, 0.5) is 13.2 Å². The van der Waals surface area contributed by atoms with Crippen molar-refractivity contribution >= 4 is 29.0 Å². The molecule has 3 aromatic heterocycles. The zero-order chi connectivity index (χ0) is 20.9. The molecule has 0 amide bonds. The smallest absolute Gasteiger partial charge is 0.417 e. The molecule has 0 atom stereocenters. The summed E-state index contributed by atoms with van der Waals surface area (Å²) in [5, 5.41) is 11.7. The number of fused-ring (bicyclic) bond motifs is 2. The quantitative estimate of drug-likeness (QED) is 0.416. The Kier molecular flexibility index (Phi) is 4.47. The molecule has 1 aromatic carbocycles. The third-order valence-electron chi connectivity index (χ3n) is 4.18. The lowest BCUT2D eigenvalue weighted by Crippen LogP contribution is -2.07. The van der Waals surface area contributed by atoms with Crippen molar-refractivity contribution in [3.8, 4) is 22.9 Å². The Morgan fingerprint density at radius 1 is 1.13 bits per heavy atom. The topological polar surface area (TPSA) is 87.6 Å². The molecular weight excluding hydrogens is 447 g/mol. The molecule has 0 N–H and O–H groups in total. The molecular formula is C17H9ClF3N5O3S. The molecule has 8 nitrogen and oxygen atoms in total. The number of hydrogen-bond acceptors (Lipinski definition) is 8. The van der Waals surface area contributed by atoms with E-state index in [2.05, 4.69) is 20.3 Å². The van der Waals surface area contributed by atoms with Crippen LogP contribution in [0.2, 0.25) is 5.02 Å². The number of alkyl halides is 3. The van der Waals surface area contributed by atoms with Crippen LogP contribution in [-0.2, 0) is 11.9 Å². The van der Waals surface area contributed by atoms with Gasteiger partial charge in [0.25, 0.3) is 0 Å². The van der Waals surface area contributed by atoms with Crippen molar-refractivity contribution in [1.29, 1.82) is 0 Å². The van der Waals surface area contributed by atoms with E-state index in [-0.39, 0.29) is 34.3 Å². The van der Waals surface area contributed by atoms with Crippen LogP contribution >= 0.6 is 23.4 Å². The normalized spacial score (nSPS) is 13.3. The minimum Gasteiger partial charge on any atom is -0.454 e. The average Bonchev–Trinajstić information content (AvgIpc) is 3.44. The van der Waals surface area contributed by atoms with Crippen molar-refractivity contribution in [3.63, 3.8) is 0 Å². The summed E-state index contributed by atoms with van der Waals surface area (Å²) in [5.41, 5.74) is -0.0999. The number of hydrogen-bond donors (Lipinski definition) is 0. The fraction of sp³-hybridized carbons (Fsp3) is 0.176. The van der Waals surface area contributed by atoms with Crippen LogP contribution in [-0.4, -0.2) is 31.5 Å². The summed E-state index contributed by atoms with van der Waals surface area (Å²) in [6, 6.07) is 6.06. The fourth-order valence-electron chi connectivity index (χ4n) is 2.78. The van der Waals surface area contributed by atoms with Gasteiger partial charge in [-0.3, -0.25) is 4.40 Å². The highest BCUT2D eigenvalue weighted by Crippen LogP contribution is 2.36. The van der Waals surface area contributed by atoms with E-state index in [4.69, 9.17) is 25.6 Å². The van der Waals surface area contributed by atoms with Gasteiger partial charge in [0.15, 0.2) is 22.3 Å². The Balaban J connectivity index is 1.37. The van der Waals surface area contributed by atoms with Crippen LogP contribution in [0.25, 0.3) is 17.0 Å². The van der Waals surface area contributed by atoms with Gasteiger partial charge in [0, 0.05) is 11.8 Å². The lowest BCUT2D eigenvalue weighted by atomic mass is 10.2. The van der Waals surface area contributed by atoms with Crippen molar-refractivity contribution in [3.05, 3.63) is 46.9 Å². The van der Waals surface area contributed by atoms with Gasteiger partial charge < -0.3 is 14.0 Å². The SMILES string of the molecule is FC(F)(F)c1cc(Cl)c2nnc(SCc3nc(-c4ccc5c(c4)OCO5)no3)n2c1. The van der Waals surface area contributed by atoms with Gasteiger partial charge in [-0.15, -0.1) is 10.2 Å². The van der Waals surface area contributed by atoms with Crippen molar-refractivity contribution < 1.29 is 27.2 Å². The predicted octanol–water partition coefficient (Wildman–Crippen LogP) is 4.47. The van der Waals surface area contributed by atoms with Crippen molar-refractivity contribution in [2.75, 3.05) is 6.79 Å². The fourth-order valence-corrected chi connectivity index (χ4v) is 3.77. The van der Waals surface area contributed by atoms with Gasteiger partial charge in [-0.25, -0.2) is 0 Å². The number of ether oxygens (including phenoxy) is 2. The molecule has 0 unspecified atom stereocenters. The minimum absolute atomic E-state index is 0.124. The van der Waals surface area contributed by atoms with E-state index < -0.39 is 11.7 Å². The van der Waals surface area contributed by atoms with Crippen molar-refractivity contribution in [2.45, 2.75) is 17.1 Å². The Morgan fingerprint density at radius 3 is 2.80 bits per heavy atom. The van der Waals surface area contributed by atoms with Gasteiger partial charge >= 0.3 is 6.18 Å². The molecule has 0 spiro atoms. The molecule has 0 fully saturated rings. The summed E-state index contributed by atoms with van der Waals surface area (Å²) in [5.74, 6) is 2.00. The van der Waals surface area contributed by atoms with E-state index in [1.807, 2.05) is 0 Å². The first-order valence-corrected chi connectivity index (χ1v) is 9.72. The molecule has 30 heavy (non-hydrogen) atoms. The van der Waals surface area contributed by atoms with E-state index in [9.17, 15) is 13.2 Å². The van der Waals surface area contributed by atoms with Crippen molar-refractivity contribution in [1.82, 2.24) is 24.7 Å². The van der Waals surface area contributed by atoms with Gasteiger partial charge in [-0.1, -0.05) is 28.5 Å². The molecule has 0 radical (unpaired) electrons. The third kappa shape index (κ3) is 3.41. The second kappa shape index (κ2) is 7.06. The summed E-state index contributed by atoms with van der Waals surface area (Å²) in [6.07, 6.45) is -3.65. The molecule has 0 bridgehead atoms. The van der Waals surface area contributed by atoms with Crippen LogP contribution in [0.1, 0.15) is 11.5 Å². The average molecular weight is 456 g/mol. The Hall–Kier alpha value is -2.99. The van der Waals surface area contributed by atoms with Crippen molar-refractivity contribution in [2.24, 2.45) is 0 Å². The number of halogens is 4. The maximum absolute atomic E-state index is 13.1. The highest BCUT2D eigenvalue weighted by molar-refractivity contribution is 7.98. The maximum atomic E-state index is 13.1. The van der Waals surface area contributed by atoms with E-state index >= 15 is 0 Å². The van der Waals surface area contributed by atoms with Crippen LogP contribution in [0.15, 0.2) is 40.1 Å². The van der Waals surface area contributed by atoms with Crippen LogP contribution in [0.3, 0.4) is 0 Å². The second-order valence-corrected chi connectivity index (χ2v) is 7.47. The third-order valence-corrected chi connectivity index (χ3v) is 5.39. The highest BCUT2D eigenvalue weighted by Gasteiger charge is 2.32. The monoisotopic (exact) mass is 455 g/mol. The van der Waals surface area contributed by atoms with Gasteiger partial charge in [-0.2, -0.15) is 18.2 Å². The number of benzene rings is 1. The molecule has 13 heteroatoms. The Morgan fingerprint density at radius 2 is 1.97 bits per heavy atom.